The summed E-state index contributed by atoms with van der Waals surface area (Å²) in [6.07, 6.45) is 0.706. The third-order valence-corrected chi connectivity index (χ3v) is 6.38. The molecule has 0 aliphatic carbocycles. The van der Waals surface area contributed by atoms with Crippen LogP contribution >= 0.6 is 0 Å². The second-order valence-electron chi connectivity index (χ2n) is 8.91. The highest BCUT2D eigenvalue weighted by Crippen LogP contribution is 2.29. The first-order valence-corrected chi connectivity index (χ1v) is 12.0. The van der Waals surface area contributed by atoms with Crippen LogP contribution in [0.25, 0.3) is 10.9 Å². The quantitative estimate of drug-likeness (QED) is 0.379. The first-order chi connectivity index (χ1) is 18.0. The van der Waals surface area contributed by atoms with Crippen LogP contribution in [0, 0.1) is 0 Å². The molecule has 0 radical (unpaired) electrons. The number of benzene rings is 3. The number of nitrogens with one attached hydrogen (secondary N) is 1. The van der Waals surface area contributed by atoms with Crippen molar-refractivity contribution < 1.29 is 19.1 Å². The van der Waals surface area contributed by atoms with E-state index in [-0.39, 0.29) is 11.3 Å². The molecule has 0 unspecified atom stereocenters. The molecular weight excluding hydrogens is 468 g/mol. The van der Waals surface area contributed by atoms with Crippen molar-refractivity contribution in [1.82, 2.24) is 9.88 Å². The Labute approximate surface area is 214 Å². The third-order valence-electron chi connectivity index (χ3n) is 6.38. The zero-order valence-electron chi connectivity index (χ0n) is 20.1. The van der Waals surface area contributed by atoms with Gasteiger partial charge in [0.25, 0.3) is 11.8 Å². The lowest BCUT2D eigenvalue weighted by atomic mass is 9.95. The van der Waals surface area contributed by atoms with E-state index < -0.39 is 24.4 Å². The molecule has 186 valence electrons. The number of para-hydroxylation sites is 2. The molecule has 3 aromatic carbocycles. The second kappa shape index (κ2) is 10.6. The van der Waals surface area contributed by atoms with E-state index in [9.17, 15) is 14.4 Å². The SMILES string of the molecule is NC(=O)c1ccccc1NC(=O)COC(=O)c1c2c(nc3ccccc13)CCN(Cc1ccccc1)C2. The number of primary amides is 1. The largest absolute Gasteiger partial charge is 0.452 e. The number of nitrogens with two attached hydrogens (primary N) is 1. The number of anilines is 1. The Hall–Kier alpha value is -4.56. The van der Waals surface area contributed by atoms with E-state index in [1.807, 2.05) is 42.5 Å². The fraction of sp³-hybridized carbons (Fsp3) is 0.172. The van der Waals surface area contributed by atoms with Gasteiger partial charge in [-0.15, -0.1) is 0 Å². The normalized spacial score (nSPS) is 13.1. The molecule has 1 aliphatic heterocycles. The summed E-state index contributed by atoms with van der Waals surface area (Å²) in [4.78, 5) is 44.7. The van der Waals surface area contributed by atoms with E-state index in [0.29, 0.717) is 29.4 Å². The second-order valence-corrected chi connectivity index (χ2v) is 8.91. The van der Waals surface area contributed by atoms with E-state index in [1.165, 1.54) is 11.6 Å². The summed E-state index contributed by atoms with van der Waals surface area (Å²) >= 11 is 0. The van der Waals surface area contributed by atoms with Gasteiger partial charge >= 0.3 is 5.97 Å². The molecule has 0 saturated carbocycles. The number of carbonyl (C=O) groups excluding carboxylic acids is 3. The van der Waals surface area contributed by atoms with Crippen molar-refractivity contribution in [3.63, 3.8) is 0 Å². The minimum absolute atomic E-state index is 0.176. The van der Waals surface area contributed by atoms with E-state index in [2.05, 4.69) is 22.3 Å². The summed E-state index contributed by atoms with van der Waals surface area (Å²) < 4.78 is 5.48. The molecule has 3 N–H and O–H groups in total. The van der Waals surface area contributed by atoms with Gasteiger partial charge in [-0.3, -0.25) is 19.5 Å². The van der Waals surface area contributed by atoms with Crippen LogP contribution < -0.4 is 11.1 Å². The van der Waals surface area contributed by atoms with E-state index in [4.69, 9.17) is 15.5 Å². The number of ether oxygens (including phenoxy) is 1. The van der Waals surface area contributed by atoms with Crippen LogP contribution in [0.2, 0.25) is 0 Å². The molecule has 0 saturated heterocycles. The lowest BCUT2D eigenvalue weighted by Crippen LogP contribution is -2.32. The van der Waals surface area contributed by atoms with E-state index in [0.717, 1.165) is 24.3 Å². The monoisotopic (exact) mass is 494 g/mol. The lowest BCUT2D eigenvalue weighted by Gasteiger charge is -2.30. The first-order valence-electron chi connectivity index (χ1n) is 12.0. The maximum atomic E-state index is 13.4. The Balaban J connectivity index is 1.37. The predicted octanol–water partition coefficient (Wildman–Crippen LogP) is 3.69. The minimum atomic E-state index is -0.664. The van der Waals surface area contributed by atoms with Gasteiger partial charge < -0.3 is 15.8 Å². The minimum Gasteiger partial charge on any atom is -0.452 e. The number of amides is 2. The molecule has 0 bridgehead atoms. The van der Waals surface area contributed by atoms with Gasteiger partial charge in [0.2, 0.25) is 0 Å². The van der Waals surface area contributed by atoms with Crippen LogP contribution in [-0.4, -0.2) is 40.8 Å². The van der Waals surface area contributed by atoms with Crippen molar-refractivity contribution in [2.75, 3.05) is 18.5 Å². The lowest BCUT2D eigenvalue weighted by molar-refractivity contribution is -0.119. The van der Waals surface area contributed by atoms with Crippen molar-refractivity contribution in [2.45, 2.75) is 19.5 Å². The number of rotatable bonds is 7. The van der Waals surface area contributed by atoms with Crippen LogP contribution in [0.3, 0.4) is 0 Å². The number of aromatic nitrogens is 1. The molecule has 37 heavy (non-hydrogen) atoms. The van der Waals surface area contributed by atoms with E-state index in [1.54, 1.807) is 18.2 Å². The highest BCUT2D eigenvalue weighted by Gasteiger charge is 2.27. The molecule has 2 amide bonds. The van der Waals surface area contributed by atoms with Gasteiger partial charge in [-0.1, -0.05) is 60.7 Å². The summed E-state index contributed by atoms with van der Waals surface area (Å²) in [5, 5.41) is 3.28. The Bertz CT molecular complexity index is 1490. The van der Waals surface area contributed by atoms with Crippen molar-refractivity contribution in [3.8, 4) is 0 Å². The Morgan fingerprint density at radius 3 is 2.49 bits per heavy atom. The van der Waals surface area contributed by atoms with Crippen LogP contribution in [0.4, 0.5) is 5.69 Å². The zero-order valence-corrected chi connectivity index (χ0v) is 20.1. The number of hydrogen-bond donors (Lipinski definition) is 2. The number of carbonyl (C=O) groups is 3. The number of esters is 1. The standard InChI is InChI=1S/C29H26N4O4/c30-28(35)21-11-5-7-13-24(21)32-26(34)18-37-29(36)27-20-10-4-6-12-23(20)31-25-14-15-33(17-22(25)27)16-19-8-2-1-3-9-19/h1-13H,14-18H2,(H2,30,35)(H,32,34). The zero-order chi connectivity index (χ0) is 25.8. The molecule has 0 spiro atoms. The highest BCUT2D eigenvalue weighted by molar-refractivity contribution is 6.07. The number of nitrogens with zero attached hydrogens (tertiary/aromatic N) is 2. The summed E-state index contributed by atoms with van der Waals surface area (Å²) in [5.74, 6) is -1.82. The molecule has 0 atom stereocenters. The Morgan fingerprint density at radius 2 is 1.68 bits per heavy atom. The van der Waals surface area contributed by atoms with Gasteiger partial charge in [-0.05, 0) is 23.8 Å². The molecule has 8 heteroatoms. The van der Waals surface area contributed by atoms with Crippen LogP contribution in [-0.2, 0) is 29.0 Å². The topological polar surface area (TPSA) is 115 Å². The van der Waals surface area contributed by atoms with Crippen LogP contribution in [0.15, 0.2) is 78.9 Å². The number of pyridine rings is 1. The summed E-state index contributed by atoms with van der Waals surface area (Å²) in [6.45, 7) is 1.61. The van der Waals surface area contributed by atoms with Crippen LogP contribution in [0.5, 0.6) is 0 Å². The third kappa shape index (κ3) is 5.34. The molecule has 8 nitrogen and oxygen atoms in total. The summed E-state index contributed by atoms with van der Waals surface area (Å²) in [6, 6.07) is 24.0. The van der Waals surface area contributed by atoms with Crippen molar-refractivity contribution in [3.05, 3.63) is 107 Å². The summed E-state index contributed by atoms with van der Waals surface area (Å²) in [7, 11) is 0. The first kappa shape index (κ1) is 24.1. The predicted molar refractivity (Wildman–Crippen MR) is 140 cm³/mol. The van der Waals surface area contributed by atoms with Gasteiger partial charge in [0, 0.05) is 42.7 Å². The fourth-order valence-corrected chi connectivity index (χ4v) is 4.65. The van der Waals surface area contributed by atoms with E-state index >= 15 is 0 Å². The Morgan fingerprint density at radius 1 is 0.946 bits per heavy atom. The molecule has 2 heterocycles. The average molecular weight is 495 g/mol. The fourth-order valence-electron chi connectivity index (χ4n) is 4.65. The van der Waals surface area contributed by atoms with Crippen molar-refractivity contribution in [1.29, 1.82) is 0 Å². The number of fused-ring (bicyclic) bond motifs is 2. The maximum Gasteiger partial charge on any atom is 0.339 e. The average Bonchev–Trinajstić information content (AvgIpc) is 2.91. The van der Waals surface area contributed by atoms with Crippen LogP contribution in [0.1, 0.15) is 37.5 Å². The summed E-state index contributed by atoms with van der Waals surface area (Å²) in [5.41, 5.74) is 9.85. The Kier molecular flexibility index (Phi) is 6.91. The molecule has 1 aromatic heterocycles. The van der Waals surface area contributed by atoms with Gasteiger partial charge in [-0.2, -0.15) is 0 Å². The molecule has 0 fully saturated rings. The molecule has 5 rings (SSSR count). The smallest absolute Gasteiger partial charge is 0.339 e. The van der Waals surface area contributed by atoms with Crippen molar-refractivity contribution >= 4 is 34.4 Å². The molecule has 4 aromatic rings. The highest BCUT2D eigenvalue weighted by atomic mass is 16.5. The van der Waals surface area contributed by atoms with Gasteiger partial charge in [0.1, 0.15) is 0 Å². The van der Waals surface area contributed by atoms with Gasteiger partial charge in [-0.25, -0.2) is 4.79 Å². The molecular formula is C29H26N4O4. The maximum absolute atomic E-state index is 13.4. The van der Waals surface area contributed by atoms with Gasteiger partial charge in [0.15, 0.2) is 6.61 Å². The van der Waals surface area contributed by atoms with Crippen molar-refractivity contribution in [2.24, 2.45) is 5.73 Å². The molecule has 1 aliphatic rings. The number of hydrogen-bond acceptors (Lipinski definition) is 6. The van der Waals surface area contributed by atoms with Gasteiger partial charge in [0.05, 0.1) is 22.3 Å².